The third-order valence-electron chi connectivity index (χ3n) is 3.73. The highest BCUT2D eigenvalue weighted by molar-refractivity contribution is 6.02. The number of hydrogen-bond donors (Lipinski definition) is 2. The first-order valence-electron chi connectivity index (χ1n) is 6.62. The van der Waals surface area contributed by atoms with E-state index in [0.717, 1.165) is 5.56 Å². The van der Waals surface area contributed by atoms with Gasteiger partial charge in [-0.25, -0.2) is 4.79 Å². The number of carboxylic acids is 1. The number of para-hydroxylation sites is 1. The van der Waals surface area contributed by atoms with Gasteiger partial charge in [0.15, 0.2) is 11.5 Å². The van der Waals surface area contributed by atoms with E-state index < -0.39 is 17.4 Å². The van der Waals surface area contributed by atoms with Gasteiger partial charge in [-0.1, -0.05) is 12.1 Å². The highest BCUT2D eigenvalue weighted by Crippen LogP contribution is 2.38. The highest BCUT2D eigenvalue weighted by Gasteiger charge is 2.52. The molecule has 1 aromatic carbocycles. The predicted molar refractivity (Wildman–Crippen MR) is 74.2 cm³/mol. The number of methoxy groups -OCH3 is 1. The number of aliphatic carboxylic acids is 1. The van der Waals surface area contributed by atoms with Gasteiger partial charge in [0.25, 0.3) is 5.91 Å². The molecule has 6 heteroatoms. The molecule has 0 saturated heterocycles. The van der Waals surface area contributed by atoms with Crippen LogP contribution in [0.15, 0.2) is 23.8 Å². The molecule has 0 spiro atoms. The normalized spacial score (nSPS) is 17.9. The Bertz CT molecular complexity index is 645. The molecule has 0 radical (unpaired) electrons. The summed E-state index contributed by atoms with van der Waals surface area (Å²) in [6.07, 6.45) is 2.63. The quantitative estimate of drug-likeness (QED) is 0.870. The van der Waals surface area contributed by atoms with Gasteiger partial charge in [-0.2, -0.15) is 0 Å². The molecule has 1 aliphatic carbocycles. The van der Waals surface area contributed by atoms with Crippen LogP contribution in [0.1, 0.15) is 18.4 Å². The Hall–Kier alpha value is -2.50. The van der Waals surface area contributed by atoms with Crippen molar-refractivity contribution in [1.82, 2.24) is 5.32 Å². The van der Waals surface area contributed by atoms with Crippen molar-refractivity contribution >= 4 is 18.0 Å². The van der Waals surface area contributed by atoms with Gasteiger partial charge in [0.2, 0.25) is 0 Å². The number of carbonyl (C=O) groups is 2. The molecule has 0 atom stereocenters. The fourth-order valence-corrected chi connectivity index (χ4v) is 2.29. The Morgan fingerprint density at radius 3 is 2.76 bits per heavy atom. The molecule has 1 heterocycles. The van der Waals surface area contributed by atoms with Gasteiger partial charge < -0.3 is 19.9 Å². The first kappa shape index (κ1) is 13.5. The van der Waals surface area contributed by atoms with E-state index in [-0.39, 0.29) is 6.61 Å². The van der Waals surface area contributed by atoms with E-state index in [0.29, 0.717) is 29.9 Å². The Morgan fingerprint density at radius 2 is 2.14 bits per heavy atom. The zero-order chi connectivity index (χ0) is 15.0. The van der Waals surface area contributed by atoms with Crippen molar-refractivity contribution in [3.63, 3.8) is 0 Å². The lowest BCUT2D eigenvalue weighted by Gasteiger charge is -2.21. The minimum Gasteiger partial charge on any atom is -0.493 e. The third kappa shape index (κ3) is 2.33. The van der Waals surface area contributed by atoms with Crippen LogP contribution >= 0.6 is 0 Å². The summed E-state index contributed by atoms with van der Waals surface area (Å²) in [6.45, 7) is 0.0922. The zero-order valence-corrected chi connectivity index (χ0v) is 11.5. The number of nitrogens with one attached hydrogen (secondary N) is 1. The molecule has 1 aliphatic heterocycles. The summed E-state index contributed by atoms with van der Waals surface area (Å²) in [5.41, 5.74) is 0.0567. The van der Waals surface area contributed by atoms with Crippen molar-refractivity contribution in [2.45, 2.75) is 18.4 Å². The van der Waals surface area contributed by atoms with Crippen molar-refractivity contribution < 1.29 is 24.2 Å². The number of fused-ring (bicyclic) bond motifs is 1. The van der Waals surface area contributed by atoms with Crippen molar-refractivity contribution in [3.8, 4) is 11.5 Å². The summed E-state index contributed by atoms with van der Waals surface area (Å²) in [5.74, 6) is -0.193. The SMILES string of the molecule is COc1cccc2c1OCC(C(=O)NC1(C(=O)O)CC1)=C2. The van der Waals surface area contributed by atoms with E-state index in [4.69, 9.17) is 14.6 Å². The monoisotopic (exact) mass is 289 g/mol. The molecule has 2 N–H and O–H groups in total. The molecule has 0 bridgehead atoms. The van der Waals surface area contributed by atoms with Gasteiger partial charge in [0.1, 0.15) is 12.1 Å². The summed E-state index contributed by atoms with van der Waals surface area (Å²) in [4.78, 5) is 23.3. The van der Waals surface area contributed by atoms with E-state index in [9.17, 15) is 9.59 Å². The minimum atomic E-state index is -1.09. The molecule has 0 unspecified atom stereocenters. The first-order valence-corrected chi connectivity index (χ1v) is 6.62. The Labute approximate surface area is 121 Å². The van der Waals surface area contributed by atoms with Crippen LogP contribution in [0.25, 0.3) is 6.08 Å². The molecular formula is C15H15NO5. The second kappa shape index (κ2) is 4.80. The van der Waals surface area contributed by atoms with Crippen LogP contribution in [-0.4, -0.2) is 36.2 Å². The van der Waals surface area contributed by atoms with E-state index in [1.165, 1.54) is 0 Å². The molecule has 1 fully saturated rings. The molecule has 110 valence electrons. The fourth-order valence-electron chi connectivity index (χ4n) is 2.29. The third-order valence-corrected chi connectivity index (χ3v) is 3.73. The van der Waals surface area contributed by atoms with Gasteiger partial charge >= 0.3 is 5.97 Å². The molecule has 1 saturated carbocycles. The van der Waals surface area contributed by atoms with E-state index in [1.54, 1.807) is 25.3 Å². The van der Waals surface area contributed by atoms with Crippen molar-refractivity contribution in [2.24, 2.45) is 0 Å². The number of carbonyl (C=O) groups excluding carboxylic acids is 1. The molecule has 21 heavy (non-hydrogen) atoms. The lowest BCUT2D eigenvalue weighted by Crippen LogP contribution is -2.44. The lowest BCUT2D eigenvalue weighted by molar-refractivity contribution is -0.142. The van der Waals surface area contributed by atoms with Crippen LogP contribution in [0.4, 0.5) is 0 Å². The van der Waals surface area contributed by atoms with Crippen molar-refractivity contribution in [3.05, 3.63) is 29.3 Å². The lowest BCUT2D eigenvalue weighted by atomic mass is 10.1. The van der Waals surface area contributed by atoms with E-state index in [2.05, 4.69) is 5.32 Å². The Balaban J connectivity index is 1.82. The molecule has 3 rings (SSSR count). The maximum atomic E-state index is 12.2. The standard InChI is InChI=1S/C15H15NO5/c1-20-11-4-2-3-9-7-10(8-21-12(9)11)13(17)16-15(5-6-15)14(18)19/h2-4,7H,5-6,8H2,1H3,(H,16,17)(H,18,19). The second-order valence-corrected chi connectivity index (χ2v) is 5.18. The van der Waals surface area contributed by atoms with E-state index >= 15 is 0 Å². The second-order valence-electron chi connectivity index (χ2n) is 5.18. The van der Waals surface area contributed by atoms with Crippen LogP contribution in [0.5, 0.6) is 11.5 Å². The average Bonchev–Trinajstić information content (AvgIpc) is 3.26. The Kier molecular flexibility index (Phi) is 3.08. The zero-order valence-electron chi connectivity index (χ0n) is 11.5. The molecule has 2 aliphatic rings. The molecular weight excluding hydrogens is 274 g/mol. The minimum absolute atomic E-state index is 0.0922. The van der Waals surface area contributed by atoms with Crippen LogP contribution in [0.2, 0.25) is 0 Å². The smallest absolute Gasteiger partial charge is 0.329 e. The molecule has 0 aromatic heterocycles. The first-order chi connectivity index (χ1) is 10.1. The summed E-state index contributed by atoms with van der Waals surface area (Å²) < 4.78 is 10.8. The van der Waals surface area contributed by atoms with Crippen LogP contribution in [0.3, 0.4) is 0 Å². The van der Waals surface area contributed by atoms with E-state index in [1.807, 2.05) is 6.07 Å². The van der Waals surface area contributed by atoms with Crippen LogP contribution in [-0.2, 0) is 9.59 Å². The van der Waals surface area contributed by atoms with Crippen LogP contribution in [0, 0.1) is 0 Å². The Morgan fingerprint density at radius 1 is 1.38 bits per heavy atom. The van der Waals surface area contributed by atoms with Gasteiger partial charge in [0, 0.05) is 5.56 Å². The summed E-state index contributed by atoms with van der Waals surface area (Å²) in [6, 6.07) is 5.40. The summed E-state index contributed by atoms with van der Waals surface area (Å²) >= 11 is 0. The maximum Gasteiger partial charge on any atom is 0.329 e. The van der Waals surface area contributed by atoms with Crippen LogP contribution < -0.4 is 14.8 Å². The fraction of sp³-hybridized carbons (Fsp3) is 0.333. The maximum absolute atomic E-state index is 12.2. The van der Waals surface area contributed by atoms with Gasteiger partial charge in [-0.3, -0.25) is 4.79 Å². The number of hydrogen-bond acceptors (Lipinski definition) is 4. The number of amides is 1. The number of benzene rings is 1. The molecule has 1 amide bonds. The highest BCUT2D eigenvalue weighted by atomic mass is 16.5. The molecule has 6 nitrogen and oxygen atoms in total. The average molecular weight is 289 g/mol. The number of carboxylic acid groups (broad SMARTS) is 1. The topological polar surface area (TPSA) is 84.9 Å². The number of ether oxygens (including phenoxy) is 2. The van der Waals surface area contributed by atoms with Crippen molar-refractivity contribution in [1.29, 1.82) is 0 Å². The van der Waals surface area contributed by atoms with Gasteiger partial charge in [0.05, 0.1) is 12.7 Å². The van der Waals surface area contributed by atoms with Gasteiger partial charge in [-0.15, -0.1) is 0 Å². The van der Waals surface area contributed by atoms with Crippen molar-refractivity contribution in [2.75, 3.05) is 13.7 Å². The number of rotatable bonds is 4. The summed E-state index contributed by atoms with van der Waals surface area (Å²) in [5, 5.41) is 11.7. The molecule has 1 aromatic rings. The summed E-state index contributed by atoms with van der Waals surface area (Å²) in [7, 11) is 1.55. The largest absolute Gasteiger partial charge is 0.493 e. The predicted octanol–water partition coefficient (Wildman–Crippen LogP) is 1.20. The van der Waals surface area contributed by atoms with Gasteiger partial charge in [-0.05, 0) is 25.0 Å².